The number of hydrogen-bond donors (Lipinski definition) is 1. The summed E-state index contributed by atoms with van der Waals surface area (Å²) in [5.41, 5.74) is 1.61. The summed E-state index contributed by atoms with van der Waals surface area (Å²) < 4.78 is 14.5. The van der Waals surface area contributed by atoms with E-state index in [0.717, 1.165) is 5.56 Å². The smallest absolute Gasteiger partial charge is 0.254 e. The van der Waals surface area contributed by atoms with Crippen molar-refractivity contribution in [2.75, 3.05) is 5.32 Å². The zero-order valence-corrected chi connectivity index (χ0v) is 12.3. The lowest BCUT2D eigenvalue weighted by Crippen LogP contribution is -2.12. The van der Waals surface area contributed by atoms with Crippen LogP contribution in [0, 0.1) is 12.7 Å². The largest absolute Gasteiger partial charge is 0.362 e. The number of nitrogens with one attached hydrogen (secondary N) is 1. The summed E-state index contributed by atoms with van der Waals surface area (Å²) in [5, 5.41) is 7.89. The van der Waals surface area contributed by atoms with Crippen molar-refractivity contribution in [2.24, 2.45) is 0 Å². The van der Waals surface area contributed by atoms with Crippen molar-refractivity contribution in [3.8, 4) is 0 Å². The van der Waals surface area contributed by atoms with Crippen molar-refractivity contribution in [3.63, 3.8) is 0 Å². The molecule has 21 heavy (non-hydrogen) atoms. The fourth-order valence-corrected chi connectivity index (χ4v) is 2.27. The first-order valence-electron chi connectivity index (χ1n) is 6.44. The molecule has 1 aromatic carbocycles. The van der Waals surface area contributed by atoms with Gasteiger partial charge >= 0.3 is 0 Å². The molecule has 7 heteroatoms. The van der Waals surface area contributed by atoms with Gasteiger partial charge in [-0.15, -0.1) is 0 Å². The molecule has 1 unspecified atom stereocenters. The van der Waals surface area contributed by atoms with E-state index in [1.807, 2.05) is 13.8 Å². The van der Waals surface area contributed by atoms with Crippen LogP contribution in [0.2, 0.25) is 5.02 Å². The first kappa shape index (κ1) is 13.8. The quantitative estimate of drug-likeness (QED) is 0.806. The Hall–Kier alpha value is -2.21. The minimum absolute atomic E-state index is 0.0719. The van der Waals surface area contributed by atoms with E-state index < -0.39 is 0 Å². The zero-order chi connectivity index (χ0) is 15.0. The minimum Gasteiger partial charge on any atom is -0.362 e. The molecule has 0 bridgehead atoms. The van der Waals surface area contributed by atoms with Crippen molar-refractivity contribution in [1.29, 1.82) is 0 Å². The highest BCUT2D eigenvalue weighted by Crippen LogP contribution is 2.28. The number of nitrogens with zero attached hydrogens (tertiary/aromatic N) is 4. The highest BCUT2D eigenvalue weighted by molar-refractivity contribution is 6.33. The minimum atomic E-state index is -0.262. The number of fused-ring (bicyclic) bond motifs is 1. The summed E-state index contributed by atoms with van der Waals surface area (Å²) in [7, 11) is 0. The van der Waals surface area contributed by atoms with Gasteiger partial charge in [0.1, 0.15) is 17.2 Å². The van der Waals surface area contributed by atoms with E-state index in [-0.39, 0.29) is 11.9 Å². The highest BCUT2D eigenvalue weighted by atomic mass is 35.5. The number of aryl methyl sites for hydroxylation is 1. The maximum Gasteiger partial charge on any atom is 0.254 e. The Labute approximate surface area is 125 Å². The maximum absolute atomic E-state index is 13.0. The van der Waals surface area contributed by atoms with Gasteiger partial charge in [0.15, 0.2) is 5.82 Å². The van der Waals surface area contributed by atoms with Gasteiger partial charge in [0.05, 0.1) is 5.69 Å². The SMILES string of the molecule is Cc1nc2ncnn2c(NC(C)c2ccc(F)cc2)c1Cl. The topological polar surface area (TPSA) is 55.1 Å². The van der Waals surface area contributed by atoms with Crippen LogP contribution in [0.5, 0.6) is 0 Å². The number of rotatable bonds is 3. The molecule has 0 aliphatic heterocycles. The number of anilines is 1. The average Bonchev–Trinajstić information content (AvgIpc) is 2.92. The monoisotopic (exact) mass is 305 g/mol. The van der Waals surface area contributed by atoms with Crippen LogP contribution in [0.25, 0.3) is 5.78 Å². The standard InChI is InChI=1S/C14H13ClFN5/c1-8(10-3-5-11(16)6-4-10)19-13-12(15)9(2)20-14-17-7-18-21(13)14/h3-8,19H,1-2H3. The van der Waals surface area contributed by atoms with Gasteiger partial charge < -0.3 is 5.32 Å². The summed E-state index contributed by atoms with van der Waals surface area (Å²) in [6.07, 6.45) is 1.42. The molecule has 1 N–H and O–H groups in total. The molecule has 3 rings (SSSR count). The van der Waals surface area contributed by atoms with Gasteiger partial charge in [-0.2, -0.15) is 14.6 Å². The number of benzene rings is 1. The van der Waals surface area contributed by atoms with Crippen LogP contribution in [0.4, 0.5) is 10.2 Å². The van der Waals surface area contributed by atoms with Crippen LogP contribution >= 0.6 is 11.6 Å². The molecular formula is C14H13ClFN5. The first-order chi connectivity index (χ1) is 10.1. The van der Waals surface area contributed by atoms with Crippen LogP contribution in [0.1, 0.15) is 24.2 Å². The summed E-state index contributed by atoms with van der Waals surface area (Å²) in [6.45, 7) is 3.77. The normalized spacial score (nSPS) is 12.6. The summed E-state index contributed by atoms with van der Waals surface area (Å²) >= 11 is 6.31. The lowest BCUT2D eigenvalue weighted by atomic mass is 10.1. The third-order valence-electron chi connectivity index (χ3n) is 3.26. The second kappa shape index (κ2) is 5.29. The number of aromatic nitrogens is 4. The lowest BCUT2D eigenvalue weighted by molar-refractivity contribution is 0.626. The predicted octanol–water partition coefficient (Wildman–Crippen LogP) is 3.40. The lowest BCUT2D eigenvalue weighted by Gasteiger charge is -2.17. The second-order valence-electron chi connectivity index (χ2n) is 4.75. The molecule has 0 saturated carbocycles. The molecule has 0 amide bonds. The van der Waals surface area contributed by atoms with Crippen molar-refractivity contribution >= 4 is 23.2 Å². The van der Waals surface area contributed by atoms with E-state index in [1.165, 1.54) is 18.5 Å². The van der Waals surface area contributed by atoms with Gasteiger partial charge in [0, 0.05) is 6.04 Å². The Bertz CT molecular complexity index is 784. The van der Waals surface area contributed by atoms with E-state index >= 15 is 0 Å². The summed E-state index contributed by atoms with van der Waals surface area (Å²) in [6, 6.07) is 6.24. The molecule has 0 spiro atoms. The Morgan fingerprint density at radius 2 is 2.00 bits per heavy atom. The van der Waals surface area contributed by atoms with Crippen LogP contribution in [0.3, 0.4) is 0 Å². The Kier molecular flexibility index (Phi) is 3.47. The van der Waals surface area contributed by atoms with E-state index in [4.69, 9.17) is 11.6 Å². The van der Waals surface area contributed by atoms with Gasteiger partial charge in [-0.3, -0.25) is 0 Å². The molecule has 5 nitrogen and oxygen atoms in total. The highest BCUT2D eigenvalue weighted by Gasteiger charge is 2.15. The van der Waals surface area contributed by atoms with E-state index in [1.54, 1.807) is 16.6 Å². The number of hydrogen-bond acceptors (Lipinski definition) is 4. The van der Waals surface area contributed by atoms with Crippen LogP contribution < -0.4 is 5.32 Å². The molecular weight excluding hydrogens is 293 g/mol. The predicted molar refractivity (Wildman–Crippen MR) is 79.0 cm³/mol. The molecule has 0 aliphatic carbocycles. The Morgan fingerprint density at radius 3 is 2.71 bits per heavy atom. The zero-order valence-electron chi connectivity index (χ0n) is 11.5. The van der Waals surface area contributed by atoms with E-state index in [9.17, 15) is 4.39 Å². The van der Waals surface area contributed by atoms with E-state index in [2.05, 4.69) is 20.4 Å². The average molecular weight is 306 g/mol. The van der Waals surface area contributed by atoms with Gasteiger partial charge in [0.2, 0.25) is 0 Å². The summed E-state index contributed by atoms with van der Waals surface area (Å²) in [5.74, 6) is 0.835. The molecule has 2 heterocycles. The van der Waals surface area contributed by atoms with Crippen molar-refractivity contribution in [1.82, 2.24) is 19.6 Å². The van der Waals surface area contributed by atoms with Crippen molar-refractivity contribution in [3.05, 3.63) is 52.7 Å². The Morgan fingerprint density at radius 1 is 1.29 bits per heavy atom. The van der Waals surface area contributed by atoms with Gasteiger partial charge in [-0.25, -0.2) is 9.37 Å². The molecule has 0 saturated heterocycles. The van der Waals surface area contributed by atoms with Gasteiger partial charge in [-0.05, 0) is 31.5 Å². The molecule has 0 aliphatic rings. The fraction of sp³-hybridized carbons (Fsp3) is 0.214. The van der Waals surface area contributed by atoms with Crippen molar-refractivity contribution < 1.29 is 4.39 Å². The first-order valence-corrected chi connectivity index (χ1v) is 6.82. The molecule has 108 valence electrons. The molecule has 1 atom stereocenters. The fourth-order valence-electron chi connectivity index (χ4n) is 2.10. The van der Waals surface area contributed by atoms with Crippen LogP contribution in [-0.2, 0) is 0 Å². The third-order valence-corrected chi connectivity index (χ3v) is 3.71. The van der Waals surface area contributed by atoms with Gasteiger partial charge in [-0.1, -0.05) is 23.7 Å². The van der Waals surface area contributed by atoms with Gasteiger partial charge in [0.25, 0.3) is 5.78 Å². The second-order valence-corrected chi connectivity index (χ2v) is 5.13. The molecule has 3 aromatic rings. The third kappa shape index (κ3) is 2.54. The Balaban J connectivity index is 1.99. The molecule has 2 aromatic heterocycles. The summed E-state index contributed by atoms with van der Waals surface area (Å²) in [4.78, 5) is 8.32. The van der Waals surface area contributed by atoms with E-state index in [0.29, 0.717) is 22.3 Å². The molecule has 0 fully saturated rings. The maximum atomic E-state index is 13.0. The molecule has 0 radical (unpaired) electrons. The number of halogens is 2. The van der Waals surface area contributed by atoms with Crippen LogP contribution in [-0.4, -0.2) is 19.6 Å². The van der Waals surface area contributed by atoms with Crippen LogP contribution in [0.15, 0.2) is 30.6 Å². The van der Waals surface area contributed by atoms with Crippen molar-refractivity contribution in [2.45, 2.75) is 19.9 Å².